The summed E-state index contributed by atoms with van der Waals surface area (Å²) in [6.45, 7) is 5.26. The zero-order valence-electron chi connectivity index (χ0n) is 10.9. The number of halogens is 1. The maximum absolute atomic E-state index is 12.0. The van der Waals surface area contributed by atoms with Crippen LogP contribution in [0, 0.1) is 0 Å². The molecule has 0 unspecified atom stereocenters. The number of imidazole rings is 1. The zero-order valence-corrected chi connectivity index (χ0v) is 12.4. The van der Waals surface area contributed by atoms with Crippen LogP contribution in [0.4, 0.5) is 0 Å². The Balaban J connectivity index is 2.37. The van der Waals surface area contributed by atoms with Crippen molar-refractivity contribution in [1.82, 2.24) is 18.9 Å². The van der Waals surface area contributed by atoms with Gasteiger partial charge in [-0.1, -0.05) is 6.92 Å². The molecule has 6 heteroatoms. The lowest BCUT2D eigenvalue weighted by atomic mass is 10.3. The van der Waals surface area contributed by atoms with Gasteiger partial charge in [-0.15, -0.1) is 0 Å². The maximum atomic E-state index is 12.0. The number of rotatable bonds is 4. The fraction of sp³-hybridized carbons (Fsp3) is 0.500. The number of hydrogen-bond donors (Lipinski definition) is 0. The highest BCUT2D eigenvalue weighted by atomic mass is 79.9. The van der Waals surface area contributed by atoms with Crippen LogP contribution in [0.2, 0.25) is 0 Å². The van der Waals surface area contributed by atoms with Crippen molar-refractivity contribution in [2.45, 2.75) is 33.4 Å². The van der Waals surface area contributed by atoms with Gasteiger partial charge in [0.25, 0.3) is 0 Å². The number of aromatic nitrogens is 4. The fourth-order valence-corrected chi connectivity index (χ4v) is 2.71. The van der Waals surface area contributed by atoms with Crippen molar-refractivity contribution < 1.29 is 0 Å². The molecule has 2 aromatic rings. The van der Waals surface area contributed by atoms with E-state index in [0.717, 1.165) is 22.3 Å². The van der Waals surface area contributed by atoms with E-state index in [1.54, 1.807) is 9.13 Å². The molecule has 0 aliphatic carbocycles. The van der Waals surface area contributed by atoms with Gasteiger partial charge in [-0.3, -0.25) is 13.8 Å². The summed E-state index contributed by atoms with van der Waals surface area (Å²) in [4.78, 5) is 12.0. The van der Waals surface area contributed by atoms with Gasteiger partial charge in [-0.25, -0.2) is 4.79 Å². The topological polar surface area (TPSA) is 44.8 Å². The molecule has 0 saturated carbocycles. The predicted octanol–water partition coefficient (Wildman–Crippen LogP) is 1.78. The van der Waals surface area contributed by atoms with E-state index in [1.165, 1.54) is 0 Å². The standard InChI is InChI=1S/C12H17BrN4O/c1-4-9-11(13)10(15(3)14-9)8-17-7-6-16(5-2)12(17)18/h6-7H,4-5,8H2,1-3H3. The van der Waals surface area contributed by atoms with Crippen molar-refractivity contribution in [3.05, 3.63) is 38.7 Å². The SMILES string of the molecule is CCc1nn(C)c(Cn2ccn(CC)c2=O)c1Br. The summed E-state index contributed by atoms with van der Waals surface area (Å²) in [5.41, 5.74) is 2.06. The minimum absolute atomic E-state index is 0.0173. The first kappa shape index (κ1) is 13.1. The summed E-state index contributed by atoms with van der Waals surface area (Å²) in [5, 5.41) is 4.43. The lowest BCUT2D eigenvalue weighted by Crippen LogP contribution is -2.24. The van der Waals surface area contributed by atoms with Crippen LogP contribution in [0.15, 0.2) is 21.7 Å². The van der Waals surface area contributed by atoms with Gasteiger partial charge in [0.05, 0.1) is 22.4 Å². The van der Waals surface area contributed by atoms with Gasteiger partial charge in [0.2, 0.25) is 0 Å². The number of nitrogens with zero attached hydrogens (tertiary/aromatic N) is 4. The van der Waals surface area contributed by atoms with Crippen LogP contribution in [-0.4, -0.2) is 18.9 Å². The molecule has 0 saturated heterocycles. The van der Waals surface area contributed by atoms with Crippen LogP contribution in [0.3, 0.4) is 0 Å². The predicted molar refractivity (Wildman–Crippen MR) is 73.8 cm³/mol. The molecule has 0 atom stereocenters. The highest BCUT2D eigenvalue weighted by molar-refractivity contribution is 9.10. The highest BCUT2D eigenvalue weighted by Crippen LogP contribution is 2.21. The normalized spacial score (nSPS) is 11.1. The molecular formula is C12H17BrN4O. The summed E-state index contributed by atoms with van der Waals surface area (Å²) in [7, 11) is 1.90. The minimum atomic E-state index is 0.0173. The Kier molecular flexibility index (Phi) is 3.75. The average Bonchev–Trinajstić information content (AvgIpc) is 2.84. The third-order valence-corrected chi connectivity index (χ3v) is 4.00. The molecule has 0 radical (unpaired) electrons. The van der Waals surface area contributed by atoms with E-state index in [1.807, 2.05) is 31.0 Å². The Labute approximate surface area is 114 Å². The average molecular weight is 313 g/mol. The molecule has 2 heterocycles. The Hall–Kier alpha value is -1.30. The molecule has 0 aliphatic rings. The van der Waals surface area contributed by atoms with E-state index in [0.29, 0.717) is 13.1 Å². The van der Waals surface area contributed by atoms with Crippen LogP contribution in [-0.2, 0) is 26.6 Å². The quantitative estimate of drug-likeness (QED) is 0.864. The molecule has 0 N–H and O–H groups in total. The molecular weight excluding hydrogens is 296 g/mol. The van der Waals surface area contributed by atoms with E-state index in [4.69, 9.17) is 0 Å². The van der Waals surface area contributed by atoms with E-state index in [2.05, 4.69) is 28.0 Å². The van der Waals surface area contributed by atoms with Crippen molar-refractivity contribution in [1.29, 1.82) is 0 Å². The van der Waals surface area contributed by atoms with Crippen LogP contribution in [0.1, 0.15) is 25.2 Å². The van der Waals surface area contributed by atoms with Gasteiger partial charge >= 0.3 is 5.69 Å². The van der Waals surface area contributed by atoms with E-state index in [-0.39, 0.29) is 5.69 Å². The van der Waals surface area contributed by atoms with Crippen LogP contribution in [0.25, 0.3) is 0 Å². The molecule has 2 rings (SSSR count). The molecule has 0 aromatic carbocycles. The first-order valence-electron chi connectivity index (χ1n) is 6.04. The van der Waals surface area contributed by atoms with Crippen molar-refractivity contribution in [2.75, 3.05) is 0 Å². The Morgan fingerprint density at radius 3 is 2.44 bits per heavy atom. The molecule has 0 spiro atoms. The second-order valence-corrected chi connectivity index (χ2v) is 4.97. The van der Waals surface area contributed by atoms with Crippen LogP contribution < -0.4 is 5.69 Å². The summed E-state index contributed by atoms with van der Waals surface area (Å²) in [6, 6.07) is 0. The second-order valence-electron chi connectivity index (χ2n) is 4.18. The lowest BCUT2D eigenvalue weighted by molar-refractivity contribution is 0.624. The van der Waals surface area contributed by atoms with Crippen LogP contribution >= 0.6 is 15.9 Å². The van der Waals surface area contributed by atoms with E-state index < -0.39 is 0 Å². The van der Waals surface area contributed by atoms with E-state index >= 15 is 0 Å². The van der Waals surface area contributed by atoms with Gasteiger partial charge in [0.1, 0.15) is 0 Å². The Morgan fingerprint density at radius 1 is 1.28 bits per heavy atom. The van der Waals surface area contributed by atoms with Gasteiger partial charge in [0, 0.05) is 26.0 Å². The van der Waals surface area contributed by atoms with E-state index in [9.17, 15) is 4.79 Å². The molecule has 18 heavy (non-hydrogen) atoms. The Bertz CT molecular complexity index is 608. The molecule has 0 bridgehead atoms. The van der Waals surface area contributed by atoms with Gasteiger partial charge in [0.15, 0.2) is 0 Å². The van der Waals surface area contributed by atoms with Gasteiger partial charge in [-0.2, -0.15) is 5.10 Å². The first-order valence-corrected chi connectivity index (χ1v) is 6.83. The third kappa shape index (κ3) is 2.16. The summed E-state index contributed by atoms with van der Waals surface area (Å²) in [6.07, 6.45) is 4.50. The molecule has 5 nitrogen and oxygen atoms in total. The van der Waals surface area contributed by atoms with Crippen LogP contribution in [0.5, 0.6) is 0 Å². The van der Waals surface area contributed by atoms with Crippen molar-refractivity contribution in [2.24, 2.45) is 7.05 Å². The smallest absolute Gasteiger partial charge is 0.300 e. The Morgan fingerprint density at radius 2 is 1.94 bits per heavy atom. The maximum Gasteiger partial charge on any atom is 0.328 e. The van der Waals surface area contributed by atoms with Gasteiger partial charge in [-0.05, 0) is 29.3 Å². The van der Waals surface area contributed by atoms with Gasteiger partial charge < -0.3 is 0 Å². The summed E-state index contributed by atoms with van der Waals surface area (Å²) in [5.74, 6) is 0. The minimum Gasteiger partial charge on any atom is -0.300 e. The van der Waals surface area contributed by atoms with Crippen molar-refractivity contribution in [3.8, 4) is 0 Å². The zero-order chi connectivity index (χ0) is 13.3. The number of aryl methyl sites for hydroxylation is 3. The largest absolute Gasteiger partial charge is 0.328 e. The molecule has 98 valence electrons. The lowest BCUT2D eigenvalue weighted by Gasteiger charge is -2.03. The van der Waals surface area contributed by atoms with Crippen molar-refractivity contribution in [3.63, 3.8) is 0 Å². The second kappa shape index (κ2) is 5.14. The fourth-order valence-electron chi connectivity index (χ4n) is 1.97. The third-order valence-electron chi connectivity index (χ3n) is 3.08. The molecule has 0 amide bonds. The number of hydrogen-bond acceptors (Lipinski definition) is 2. The molecule has 0 fully saturated rings. The summed E-state index contributed by atoms with van der Waals surface area (Å²) < 4.78 is 6.22. The van der Waals surface area contributed by atoms with Crippen molar-refractivity contribution >= 4 is 15.9 Å². The monoisotopic (exact) mass is 312 g/mol. The highest BCUT2D eigenvalue weighted by Gasteiger charge is 2.14. The molecule has 2 aromatic heterocycles. The summed E-state index contributed by atoms with van der Waals surface area (Å²) >= 11 is 3.56. The molecule has 0 aliphatic heterocycles. The first-order chi connectivity index (χ1) is 8.58.